The second-order valence-corrected chi connectivity index (χ2v) is 4.52. The Morgan fingerprint density at radius 2 is 2.07 bits per heavy atom. The Morgan fingerprint density at radius 3 is 2.71 bits per heavy atom. The number of unbranched alkanes of at least 4 members (excludes halogenated alkanes) is 2. The molecule has 1 fully saturated rings. The van der Waals surface area contributed by atoms with E-state index in [4.69, 9.17) is 4.74 Å². The van der Waals surface area contributed by atoms with Crippen molar-refractivity contribution in [2.45, 2.75) is 51.5 Å². The maximum atomic E-state index is 5.02. The minimum Gasteiger partial charge on any atom is -0.385 e. The van der Waals surface area contributed by atoms with Crippen LogP contribution in [0.3, 0.4) is 0 Å². The molecule has 0 aromatic carbocycles. The molecule has 1 N–H and O–H groups in total. The fourth-order valence-electron chi connectivity index (χ4n) is 2.28. The fraction of sp³-hybridized carbons (Fsp3) is 1.00. The van der Waals surface area contributed by atoms with E-state index < -0.39 is 0 Å². The first-order valence-corrected chi connectivity index (χ1v) is 6.07. The van der Waals surface area contributed by atoms with Crippen molar-refractivity contribution in [1.82, 2.24) is 5.32 Å². The Balaban J connectivity index is 1.88. The standard InChI is InChI=1S/C12H25NO/c1-11-7-6-8-12(11)13-9-4-3-5-10-14-2/h11-13H,3-10H2,1-2H3. The van der Waals surface area contributed by atoms with Crippen LogP contribution in [0.1, 0.15) is 45.4 Å². The highest BCUT2D eigenvalue weighted by atomic mass is 16.5. The summed E-state index contributed by atoms with van der Waals surface area (Å²) in [5.74, 6) is 0.897. The third-order valence-corrected chi connectivity index (χ3v) is 3.29. The molecular weight excluding hydrogens is 174 g/mol. The van der Waals surface area contributed by atoms with Crippen LogP contribution in [-0.4, -0.2) is 26.3 Å². The van der Waals surface area contributed by atoms with E-state index in [2.05, 4.69) is 12.2 Å². The van der Waals surface area contributed by atoms with Gasteiger partial charge in [-0.2, -0.15) is 0 Å². The Kier molecular flexibility index (Phi) is 6.20. The summed E-state index contributed by atoms with van der Waals surface area (Å²) in [7, 11) is 1.78. The van der Waals surface area contributed by atoms with E-state index in [1.54, 1.807) is 7.11 Å². The minimum atomic E-state index is 0.803. The van der Waals surface area contributed by atoms with Gasteiger partial charge in [-0.3, -0.25) is 0 Å². The van der Waals surface area contributed by atoms with Gasteiger partial charge in [0.05, 0.1) is 0 Å². The largest absolute Gasteiger partial charge is 0.385 e. The molecule has 2 nitrogen and oxygen atoms in total. The van der Waals surface area contributed by atoms with Crippen molar-refractivity contribution in [2.24, 2.45) is 5.92 Å². The van der Waals surface area contributed by atoms with E-state index in [-0.39, 0.29) is 0 Å². The number of rotatable bonds is 7. The first-order valence-electron chi connectivity index (χ1n) is 6.07. The Labute approximate surface area is 88.4 Å². The van der Waals surface area contributed by atoms with Crippen LogP contribution in [0.4, 0.5) is 0 Å². The molecule has 0 aromatic heterocycles. The lowest BCUT2D eigenvalue weighted by molar-refractivity contribution is 0.192. The molecule has 2 heteroatoms. The molecule has 84 valence electrons. The van der Waals surface area contributed by atoms with Gasteiger partial charge in [0.2, 0.25) is 0 Å². The molecule has 1 aliphatic rings. The van der Waals surface area contributed by atoms with Gasteiger partial charge in [-0.25, -0.2) is 0 Å². The van der Waals surface area contributed by atoms with E-state index in [0.717, 1.165) is 18.6 Å². The highest BCUT2D eigenvalue weighted by molar-refractivity contribution is 4.79. The van der Waals surface area contributed by atoms with Crippen LogP contribution in [-0.2, 0) is 4.74 Å². The van der Waals surface area contributed by atoms with Gasteiger partial charge in [-0.05, 0) is 44.6 Å². The quantitative estimate of drug-likeness (QED) is 0.636. The molecule has 0 spiro atoms. The third-order valence-electron chi connectivity index (χ3n) is 3.29. The molecule has 2 unspecified atom stereocenters. The Bertz CT molecular complexity index is 138. The number of methoxy groups -OCH3 is 1. The van der Waals surface area contributed by atoms with Crippen molar-refractivity contribution in [3.05, 3.63) is 0 Å². The van der Waals surface area contributed by atoms with E-state index >= 15 is 0 Å². The molecule has 0 aromatic rings. The second kappa shape index (κ2) is 7.24. The summed E-state index contributed by atoms with van der Waals surface area (Å²) in [6, 6.07) is 0.803. The number of nitrogens with one attached hydrogen (secondary N) is 1. The van der Waals surface area contributed by atoms with Crippen molar-refractivity contribution >= 4 is 0 Å². The molecule has 0 bridgehead atoms. The molecule has 2 atom stereocenters. The first kappa shape index (κ1) is 12.0. The summed E-state index contributed by atoms with van der Waals surface area (Å²) in [6.45, 7) is 4.48. The highest BCUT2D eigenvalue weighted by Gasteiger charge is 2.21. The third kappa shape index (κ3) is 4.43. The summed E-state index contributed by atoms with van der Waals surface area (Å²) in [6.07, 6.45) is 8.02. The molecular formula is C12H25NO. The second-order valence-electron chi connectivity index (χ2n) is 4.52. The predicted octanol–water partition coefficient (Wildman–Crippen LogP) is 2.58. The molecule has 1 aliphatic carbocycles. The van der Waals surface area contributed by atoms with Gasteiger partial charge in [-0.15, -0.1) is 0 Å². The Hall–Kier alpha value is -0.0800. The zero-order chi connectivity index (χ0) is 10.2. The van der Waals surface area contributed by atoms with E-state index in [1.807, 2.05) is 0 Å². The molecule has 0 radical (unpaired) electrons. The molecule has 0 aliphatic heterocycles. The smallest absolute Gasteiger partial charge is 0.0462 e. The maximum Gasteiger partial charge on any atom is 0.0462 e. The zero-order valence-corrected chi connectivity index (χ0v) is 9.72. The molecule has 0 saturated heterocycles. The molecule has 14 heavy (non-hydrogen) atoms. The van der Waals surface area contributed by atoms with Gasteiger partial charge in [0, 0.05) is 19.8 Å². The van der Waals surface area contributed by atoms with E-state index in [0.29, 0.717) is 0 Å². The zero-order valence-electron chi connectivity index (χ0n) is 9.72. The van der Waals surface area contributed by atoms with Gasteiger partial charge < -0.3 is 10.1 Å². The average Bonchev–Trinajstić information content (AvgIpc) is 2.58. The first-order chi connectivity index (χ1) is 6.84. The van der Waals surface area contributed by atoms with Crippen molar-refractivity contribution in [3.8, 4) is 0 Å². The van der Waals surface area contributed by atoms with Gasteiger partial charge >= 0.3 is 0 Å². The fourth-order valence-corrected chi connectivity index (χ4v) is 2.28. The van der Waals surface area contributed by atoms with Crippen molar-refractivity contribution < 1.29 is 4.74 Å². The van der Waals surface area contributed by atoms with Crippen molar-refractivity contribution in [2.75, 3.05) is 20.3 Å². The average molecular weight is 199 g/mol. The Morgan fingerprint density at radius 1 is 1.21 bits per heavy atom. The van der Waals surface area contributed by atoms with Gasteiger partial charge in [0.1, 0.15) is 0 Å². The van der Waals surface area contributed by atoms with Crippen molar-refractivity contribution in [3.63, 3.8) is 0 Å². The summed E-state index contributed by atoms with van der Waals surface area (Å²) in [4.78, 5) is 0. The van der Waals surface area contributed by atoms with E-state index in [9.17, 15) is 0 Å². The maximum absolute atomic E-state index is 5.02. The van der Waals surface area contributed by atoms with Crippen LogP contribution in [0.15, 0.2) is 0 Å². The summed E-state index contributed by atoms with van der Waals surface area (Å²) in [5, 5.41) is 3.67. The van der Waals surface area contributed by atoms with Crippen LogP contribution < -0.4 is 5.32 Å². The lowest BCUT2D eigenvalue weighted by atomic mass is 10.1. The molecule has 1 rings (SSSR count). The molecule has 0 heterocycles. The number of hydrogen-bond donors (Lipinski definition) is 1. The lowest BCUT2D eigenvalue weighted by Crippen LogP contribution is -2.31. The van der Waals surface area contributed by atoms with Crippen LogP contribution in [0.25, 0.3) is 0 Å². The van der Waals surface area contributed by atoms with E-state index in [1.165, 1.54) is 45.1 Å². The molecule has 1 saturated carbocycles. The summed E-state index contributed by atoms with van der Waals surface area (Å²) in [5.41, 5.74) is 0. The topological polar surface area (TPSA) is 21.3 Å². The normalized spacial score (nSPS) is 27.0. The van der Waals surface area contributed by atoms with Gasteiger partial charge in [0.15, 0.2) is 0 Å². The number of ether oxygens (including phenoxy) is 1. The monoisotopic (exact) mass is 199 g/mol. The highest BCUT2D eigenvalue weighted by Crippen LogP contribution is 2.24. The van der Waals surface area contributed by atoms with Gasteiger partial charge in [-0.1, -0.05) is 13.3 Å². The SMILES string of the molecule is COCCCCCNC1CCCC1C. The summed E-state index contributed by atoms with van der Waals surface area (Å²) < 4.78 is 5.02. The molecule has 0 amide bonds. The van der Waals surface area contributed by atoms with Gasteiger partial charge in [0.25, 0.3) is 0 Å². The number of hydrogen-bond acceptors (Lipinski definition) is 2. The predicted molar refractivity (Wildman–Crippen MR) is 60.5 cm³/mol. The van der Waals surface area contributed by atoms with Crippen LogP contribution in [0.2, 0.25) is 0 Å². The lowest BCUT2D eigenvalue weighted by Gasteiger charge is -2.16. The minimum absolute atomic E-state index is 0.803. The van der Waals surface area contributed by atoms with Crippen molar-refractivity contribution in [1.29, 1.82) is 0 Å². The summed E-state index contributed by atoms with van der Waals surface area (Å²) >= 11 is 0. The van der Waals surface area contributed by atoms with Crippen LogP contribution in [0.5, 0.6) is 0 Å². The van der Waals surface area contributed by atoms with Crippen LogP contribution >= 0.6 is 0 Å². The van der Waals surface area contributed by atoms with Crippen LogP contribution in [0, 0.1) is 5.92 Å².